The van der Waals surface area contributed by atoms with Crippen LogP contribution >= 0.6 is 45.3 Å². The summed E-state index contributed by atoms with van der Waals surface area (Å²) >= 11 is 6.08. The van der Waals surface area contributed by atoms with Gasteiger partial charge in [0.2, 0.25) is 0 Å². The third kappa shape index (κ3) is 7.29. The molecule has 0 amide bonds. The van der Waals surface area contributed by atoms with Crippen LogP contribution in [0.3, 0.4) is 0 Å². The molecule has 4 aromatic rings. The van der Waals surface area contributed by atoms with Gasteiger partial charge in [-0.05, 0) is 30.4 Å². The maximum Gasteiger partial charge on any atom is 2.00 e. The predicted molar refractivity (Wildman–Crippen MR) is 123 cm³/mol. The molecule has 0 aliphatic rings. The molecule has 4 heterocycles. The molecule has 0 atom stereocenters. The fraction of sp³-hybridized carbons (Fsp3) is 0.368. The minimum Gasteiger partial charge on any atom is -0.433 e. The van der Waals surface area contributed by atoms with Gasteiger partial charge in [0.1, 0.15) is 10.3 Å². The van der Waals surface area contributed by atoms with Gasteiger partial charge in [-0.15, -0.1) is 34.0 Å². The van der Waals surface area contributed by atoms with Gasteiger partial charge in [-0.2, -0.15) is 11.3 Å². The molecule has 0 aliphatic carbocycles. The van der Waals surface area contributed by atoms with E-state index in [2.05, 4.69) is 29.9 Å². The number of nitrogens with zero attached hydrogens (tertiary/aromatic N) is 6. The van der Waals surface area contributed by atoms with Crippen molar-refractivity contribution in [1.29, 1.82) is 0 Å². The molecule has 173 valence electrons. The number of thiazole rings is 4. The first-order valence-electron chi connectivity index (χ1n) is 9.48. The Bertz CT molecular complexity index is 1200. The molecular weight excluding hydrogens is 536 g/mol. The number of ether oxygens (including phenoxy) is 2. The summed E-state index contributed by atoms with van der Waals surface area (Å²) in [5.41, 5.74) is 1.91. The van der Waals surface area contributed by atoms with E-state index in [9.17, 15) is 0 Å². The van der Waals surface area contributed by atoms with Gasteiger partial charge < -0.3 is 29.4 Å². The Hall–Kier alpha value is -1.44. The van der Waals surface area contributed by atoms with Gasteiger partial charge in [-0.3, -0.25) is 0 Å². The monoisotopic (exact) mass is 555 g/mol. The van der Waals surface area contributed by atoms with Crippen molar-refractivity contribution < 1.29 is 26.5 Å². The summed E-state index contributed by atoms with van der Waals surface area (Å²) in [5.74, 6) is 0. The molecule has 0 N–H and O–H groups in total. The van der Waals surface area contributed by atoms with Crippen LogP contribution in [0.5, 0.6) is 0 Å². The van der Waals surface area contributed by atoms with Crippen molar-refractivity contribution in [2.75, 3.05) is 13.2 Å². The minimum atomic E-state index is 0. The van der Waals surface area contributed by atoms with Crippen LogP contribution in [0.25, 0.3) is 0 Å². The summed E-state index contributed by atoms with van der Waals surface area (Å²) in [6, 6.07) is 0. The second kappa shape index (κ2) is 12.7. The molecule has 4 aromatic heterocycles. The van der Waals surface area contributed by atoms with Crippen LogP contribution in [0.4, 0.5) is 10.3 Å². The Morgan fingerprint density at radius 3 is 2.44 bits per heavy atom. The summed E-state index contributed by atoms with van der Waals surface area (Å²) in [7, 11) is 0. The third-order valence-electron chi connectivity index (χ3n) is 4.03. The Balaban J connectivity index is 0.00000289. The topological polar surface area (TPSA) is 97.2 Å². The van der Waals surface area contributed by atoms with Crippen molar-refractivity contribution in [3.05, 3.63) is 53.9 Å². The molecule has 0 saturated carbocycles. The SMILES string of the molecule is Cc1nc(/N=c2\[n-]ccs2)sc1COCCCOCc1s/c(=N/c2nccs2)[n-]c1C.[Cu+2]. The van der Waals surface area contributed by atoms with Gasteiger partial charge in [-0.1, -0.05) is 11.9 Å². The molecular formula is C19H20CuN6O2S4. The molecule has 0 bridgehead atoms. The van der Waals surface area contributed by atoms with Crippen LogP contribution in [-0.4, -0.2) is 23.2 Å². The molecule has 0 aliphatic heterocycles. The van der Waals surface area contributed by atoms with E-state index in [-0.39, 0.29) is 17.1 Å². The third-order valence-corrected chi connectivity index (χ3v) is 7.41. The van der Waals surface area contributed by atoms with Crippen molar-refractivity contribution in [2.24, 2.45) is 9.98 Å². The van der Waals surface area contributed by atoms with Gasteiger partial charge in [-0.25, -0.2) is 9.97 Å². The van der Waals surface area contributed by atoms with Crippen molar-refractivity contribution in [3.63, 3.8) is 0 Å². The zero-order chi connectivity index (χ0) is 21.5. The fourth-order valence-electron chi connectivity index (χ4n) is 2.49. The molecule has 32 heavy (non-hydrogen) atoms. The first-order valence-corrected chi connectivity index (χ1v) is 12.9. The maximum atomic E-state index is 5.79. The smallest absolute Gasteiger partial charge is 0.433 e. The maximum absolute atomic E-state index is 5.79. The van der Waals surface area contributed by atoms with Gasteiger partial charge in [0.25, 0.3) is 0 Å². The van der Waals surface area contributed by atoms with Crippen LogP contribution in [0.15, 0.2) is 33.1 Å². The Labute approximate surface area is 211 Å². The number of aromatic nitrogens is 4. The molecule has 8 nitrogen and oxygen atoms in total. The van der Waals surface area contributed by atoms with E-state index in [4.69, 9.17) is 9.47 Å². The molecule has 0 unspecified atom stereocenters. The molecule has 0 spiro atoms. The molecule has 0 fully saturated rings. The Morgan fingerprint density at radius 2 is 1.72 bits per heavy atom. The van der Waals surface area contributed by atoms with E-state index >= 15 is 0 Å². The van der Waals surface area contributed by atoms with E-state index in [1.807, 2.05) is 24.6 Å². The zero-order valence-corrected chi connectivity index (χ0v) is 21.5. The normalized spacial score (nSPS) is 12.4. The van der Waals surface area contributed by atoms with Gasteiger partial charge in [0.05, 0.1) is 23.8 Å². The summed E-state index contributed by atoms with van der Waals surface area (Å²) in [6.45, 7) is 6.28. The van der Waals surface area contributed by atoms with E-state index in [0.717, 1.165) is 47.4 Å². The summed E-state index contributed by atoms with van der Waals surface area (Å²) < 4.78 is 11.6. The molecule has 0 aromatic carbocycles. The van der Waals surface area contributed by atoms with E-state index in [0.29, 0.717) is 26.4 Å². The second-order valence-corrected chi connectivity index (χ2v) is 10.2. The van der Waals surface area contributed by atoms with Crippen LogP contribution in [-0.2, 0) is 39.8 Å². The van der Waals surface area contributed by atoms with Gasteiger partial charge in [0.15, 0.2) is 0 Å². The molecule has 13 heteroatoms. The second-order valence-electron chi connectivity index (χ2n) is 6.32. The van der Waals surface area contributed by atoms with Gasteiger partial charge >= 0.3 is 17.1 Å². The Morgan fingerprint density at radius 1 is 0.938 bits per heavy atom. The van der Waals surface area contributed by atoms with Crippen LogP contribution in [0.2, 0.25) is 0 Å². The molecule has 0 saturated heterocycles. The summed E-state index contributed by atoms with van der Waals surface area (Å²) in [5, 5.41) is 5.24. The molecule has 4 rings (SSSR count). The van der Waals surface area contributed by atoms with Gasteiger partial charge in [0, 0.05) is 34.5 Å². The van der Waals surface area contributed by atoms with Crippen LogP contribution in [0, 0.1) is 13.8 Å². The van der Waals surface area contributed by atoms with Crippen molar-refractivity contribution in [3.8, 4) is 0 Å². The van der Waals surface area contributed by atoms with E-state index < -0.39 is 0 Å². The first-order chi connectivity index (χ1) is 15.2. The average Bonchev–Trinajstić information content (AvgIpc) is 3.53. The first kappa shape index (κ1) is 25.2. The van der Waals surface area contributed by atoms with Crippen LogP contribution in [0.1, 0.15) is 27.6 Å². The zero-order valence-electron chi connectivity index (χ0n) is 17.3. The average molecular weight is 556 g/mol. The Kier molecular flexibility index (Phi) is 10.0. The predicted octanol–water partition coefficient (Wildman–Crippen LogP) is 3.84. The standard InChI is InChI=1S/C19H20N6O2S4.Cu/c1-12-14(30-18(22-12)24-16-20-4-8-28-16)10-26-6-3-7-27-11-15-13(2)23-19(31-15)25-17-21-5-9-29-17;/h4-5,8-9H,3,6-7,10-11H2,1-2H3;/q-2;+2. The largest absolute Gasteiger partial charge is 2.00 e. The van der Waals surface area contributed by atoms with Crippen LogP contribution < -0.4 is 19.6 Å². The summed E-state index contributed by atoms with van der Waals surface area (Å²) in [4.78, 5) is 29.8. The number of hydrogen-bond acceptors (Lipinski definition) is 10. The fourth-order valence-corrected chi connectivity index (χ4v) is 5.35. The number of rotatable bonds is 10. The van der Waals surface area contributed by atoms with Crippen molar-refractivity contribution in [1.82, 2.24) is 19.9 Å². The summed E-state index contributed by atoms with van der Waals surface area (Å²) in [6.07, 6.45) is 4.30. The van der Waals surface area contributed by atoms with Crippen molar-refractivity contribution in [2.45, 2.75) is 33.5 Å². The molecule has 1 radical (unpaired) electrons. The van der Waals surface area contributed by atoms with E-state index in [1.165, 1.54) is 22.7 Å². The number of hydrogen-bond donors (Lipinski definition) is 0. The minimum absolute atomic E-state index is 0. The van der Waals surface area contributed by atoms with Crippen molar-refractivity contribution >= 4 is 55.6 Å². The number of aryl methyl sites for hydroxylation is 2. The quantitative estimate of drug-likeness (QED) is 0.218. The van der Waals surface area contributed by atoms with E-state index in [1.54, 1.807) is 35.1 Å².